The molecule has 4 rings (SSSR count). The van der Waals surface area contributed by atoms with Crippen molar-refractivity contribution < 1.29 is 9.72 Å². The summed E-state index contributed by atoms with van der Waals surface area (Å²) in [6, 6.07) is 8.54. The van der Waals surface area contributed by atoms with Crippen LogP contribution >= 0.6 is 0 Å². The number of rotatable bonds is 5. The number of nitro groups is 1. The second kappa shape index (κ2) is 7.06. The largest absolute Gasteiger partial charge is 0.350 e. The molecule has 1 unspecified atom stereocenters. The molecule has 0 spiro atoms. The highest BCUT2D eigenvalue weighted by Gasteiger charge is 2.24. The van der Waals surface area contributed by atoms with Crippen LogP contribution in [0.5, 0.6) is 0 Å². The number of hydrogen-bond acceptors (Lipinski definition) is 7. The number of hydrogen-bond donors (Lipinski definition) is 2. The molecule has 0 fully saturated rings. The number of fused-ring (bicyclic) bond motifs is 1. The van der Waals surface area contributed by atoms with Gasteiger partial charge in [0.15, 0.2) is 5.82 Å². The lowest BCUT2D eigenvalue weighted by atomic mass is 10.1. The molecule has 1 atom stereocenters. The number of anilines is 2. The lowest BCUT2D eigenvalue weighted by molar-refractivity contribution is -0.384. The Bertz CT molecular complexity index is 1050. The summed E-state index contributed by atoms with van der Waals surface area (Å²) < 4.78 is 0. The maximum atomic E-state index is 11.4. The fraction of sp³-hybridized carbons (Fsp3) is 0.222. The molecular formula is C18H17N7O3. The molecule has 28 heavy (non-hydrogen) atoms. The normalized spacial score (nSPS) is 15.1. The SMILES string of the molecule is CC(=O)NC1CCc2cc(Nc3nc(-n4nccn4)ccc3[N+](=O)[O-])ccc21. The van der Waals surface area contributed by atoms with E-state index in [2.05, 4.69) is 25.8 Å². The van der Waals surface area contributed by atoms with Gasteiger partial charge in [0.1, 0.15) is 0 Å². The first-order valence-corrected chi connectivity index (χ1v) is 8.70. The maximum Gasteiger partial charge on any atom is 0.311 e. The number of benzene rings is 1. The molecule has 0 saturated heterocycles. The standard InChI is InChI=1S/C18H17N7O3/c1-11(26)21-15-5-2-12-10-13(3-4-14(12)15)22-18-16(25(27)28)6-7-17(23-18)24-19-8-9-20-24/h3-4,6-10,15H,2,5H2,1H3,(H,21,26)(H,22,23). The molecule has 142 valence electrons. The third kappa shape index (κ3) is 3.39. The minimum absolute atomic E-state index is 0.00299. The molecule has 1 aliphatic carbocycles. The van der Waals surface area contributed by atoms with E-state index in [9.17, 15) is 14.9 Å². The van der Waals surface area contributed by atoms with Crippen molar-refractivity contribution in [2.75, 3.05) is 5.32 Å². The molecule has 2 N–H and O–H groups in total. The predicted molar refractivity (Wildman–Crippen MR) is 100 cm³/mol. The van der Waals surface area contributed by atoms with Gasteiger partial charge < -0.3 is 10.6 Å². The molecule has 0 aliphatic heterocycles. The summed E-state index contributed by atoms with van der Waals surface area (Å²) in [6.45, 7) is 1.50. The van der Waals surface area contributed by atoms with Gasteiger partial charge in [0.25, 0.3) is 0 Å². The minimum Gasteiger partial charge on any atom is -0.350 e. The third-order valence-corrected chi connectivity index (χ3v) is 4.54. The fourth-order valence-corrected chi connectivity index (χ4v) is 3.35. The number of carbonyl (C=O) groups is 1. The summed E-state index contributed by atoms with van der Waals surface area (Å²) in [5.41, 5.74) is 2.70. The molecule has 1 aliphatic rings. The van der Waals surface area contributed by atoms with E-state index >= 15 is 0 Å². The van der Waals surface area contributed by atoms with E-state index < -0.39 is 4.92 Å². The van der Waals surface area contributed by atoms with E-state index in [1.165, 1.54) is 36.2 Å². The van der Waals surface area contributed by atoms with E-state index in [0.29, 0.717) is 11.5 Å². The van der Waals surface area contributed by atoms with Gasteiger partial charge in [0, 0.05) is 18.7 Å². The van der Waals surface area contributed by atoms with E-state index in [-0.39, 0.29) is 23.5 Å². The van der Waals surface area contributed by atoms with Crippen LogP contribution in [0.25, 0.3) is 5.82 Å². The molecule has 0 radical (unpaired) electrons. The zero-order chi connectivity index (χ0) is 19.7. The van der Waals surface area contributed by atoms with Crippen LogP contribution in [-0.4, -0.2) is 30.8 Å². The first-order valence-electron chi connectivity index (χ1n) is 8.70. The van der Waals surface area contributed by atoms with Gasteiger partial charge in [-0.25, -0.2) is 4.98 Å². The van der Waals surface area contributed by atoms with Crippen molar-refractivity contribution >= 4 is 23.1 Å². The molecule has 1 amide bonds. The van der Waals surface area contributed by atoms with E-state index in [0.717, 1.165) is 24.0 Å². The minimum atomic E-state index is -0.490. The number of pyridine rings is 1. The van der Waals surface area contributed by atoms with Crippen molar-refractivity contribution in [3.63, 3.8) is 0 Å². The molecule has 10 nitrogen and oxygen atoms in total. The Morgan fingerprint density at radius 2 is 2.04 bits per heavy atom. The summed E-state index contributed by atoms with van der Waals surface area (Å²) >= 11 is 0. The highest BCUT2D eigenvalue weighted by Crippen LogP contribution is 2.34. The number of amides is 1. The molecule has 2 heterocycles. The van der Waals surface area contributed by atoms with Crippen molar-refractivity contribution in [3.8, 4) is 5.82 Å². The zero-order valence-electron chi connectivity index (χ0n) is 15.0. The number of nitrogens with zero attached hydrogens (tertiary/aromatic N) is 5. The van der Waals surface area contributed by atoms with Crippen LogP contribution in [-0.2, 0) is 11.2 Å². The van der Waals surface area contributed by atoms with Gasteiger partial charge in [-0.05, 0) is 42.2 Å². The van der Waals surface area contributed by atoms with Gasteiger partial charge in [0.05, 0.1) is 23.4 Å². The summed E-state index contributed by atoms with van der Waals surface area (Å²) in [5.74, 6) is 0.407. The summed E-state index contributed by atoms with van der Waals surface area (Å²) in [5, 5.41) is 25.4. The Kier molecular flexibility index (Phi) is 4.44. The third-order valence-electron chi connectivity index (χ3n) is 4.54. The summed E-state index contributed by atoms with van der Waals surface area (Å²) in [7, 11) is 0. The van der Waals surface area contributed by atoms with Gasteiger partial charge in [-0.15, -0.1) is 4.80 Å². The quantitative estimate of drug-likeness (QED) is 0.515. The Balaban J connectivity index is 1.64. The number of carbonyl (C=O) groups excluding carboxylic acids is 1. The topological polar surface area (TPSA) is 128 Å². The molecule has 0 bridgehead atoms. The number of aryl methyl sites for hydroxylation is 1. The van der Waals surface area contributed by atoms with Gasteiger partial charge >= 0.3 is 5.69 Å². The first kappa shape index (κ1) is 17.6. The Hall–Kier alpha value is -3.82. The van der Waals surface area contributed by atoms with Crippen LogP contribution in [0.1, 0.15) is 30.5 Å². The van der Waals surface area contributed by atoms with Crippen LogP contribution in [0.4, 0.5) is 17.2 Å². The van der Waals surface area contributed by atoms with Crippen molar-refractivity contribution in [2.24, 2.45) is 0 Å². The zero-order valence-corrected chi connectivity index (χ0v) is 15.0. The fourth-order valence-electron chi connectivity index (χ4n) is 3.35. The van der Waals surface area contributed by atoms with Crippen LogP contribution < -0.4 is 10.6 Å². The summed E-state index contributed by atoms with van der Waals surface area (Å²) in [4.78, 5) is 27.8. The van der Waals surface area contributed by atoms with E-state index in [1.807, 2.05) is 18.2 Å². The van der Waals surface area contributed by atoms with Crippen LogP contribution in [0.3, 0.4) is 0 Å². The van der Waals surface area contributed by atoms with Gasteiger partial charge in [-0.2, -0.15) is 10.2 Å². The lowest BCUT2D eigenvalue weighted by Gasteiger charge is -2.13. The number of nitrogens with one attached hydrogen (secondary N) is 2. The van der Waals surface area contributed by atoms with Gasteiger partial charge in [0.2, 0.25) is 11.7 Å². The van der Waals surface area contributed by atoms with Crippen LogP contribution in [0.15, 0.2) is 42.7 Å². The van der Waals surface area contributed by atoms with Crippen molar-refractivity contribution in [1.29, 1.82) is 0 Å². The average molecular weight is 379 g/mol. The maximum absolute atomic E-state index is 11.4. The average Bonchev–Trinajstić information content (AvgIpc) is 3.31. The summed E-state index contributed by atoms with van der Waals surface area (Å²) in [6.07, 6.45) is 4.66. The lowest BCUT2D eigenvalue weighted by Crippen LogP contribution is -2.24. The molecule has 2 aromatic heterocycles. The van der Waals surface area contributed by atoms with Crippen LogP contribution in [0, 0.1) is 10.1 Å². The molecule has 1 aromatic carbocycles. The van der Waals surface area contributed by atoms with Crippen molar-refractivity contribution in [3.05, 3.63) is 64.0 Å². The monoisotopic (exact) mass is 379 g/mol. The first-order chi connectivity index (χ1) is 13.5. The Morgan fingerprint density at radius 1 is 1.25 bits per heavy atom. The Labute approximate surface area is 159 Å². The molecular weight excluding hydrogens is 362 g/mol. The van der Waals surface area contributed by atoms with Gasteiger partial charge in [-0.3, -0.25) is 14.9 Å². The second-order valence-electron chi connectivity index (χ2n) is 6.44. The van der Waals surface area contributed by atoms with Crippen LogP contribution in [0.2, 0.25) is 0 Å². The molecule has 0 saturated carbocycles. The van der Waals surface area contributed by atoms with E-state index in [1.54, 1.807) is 0 Å². The van der Waals surface area contributed by atoms with E-state index in [4.69, 9.17) is 0 Å². The van der Waals surface area contributed by atoms with Crippen molar-refractivity contribution in [2.45, 2.75) is 25.8 Å². The number of aromatic nitrogens is 4. The smallest absolute Gasteiger partial charge is 0.311 e. The van der Waals surface area contributed by atoms with Gasteiger partial charge in [-0.1, -0.05) is 6.07 Å². The molecule has 3 aromatic rings. The second-order valence-corrected chi connectivity index (χ2v) is 6.44. The predicted octanol–water partition coefficient (Wildman–Crippen LogP) is 2.44. The highest BCUT2D eigenvalue weighted by molar-refractivity contribution is 5.74. The Morgan fingerprint density at radius 3 is 2.75 bits per heavy atom. The molecule has 10 heteroatoms. The highest BCUT2D eigenvalue weighted by atomic mass is 16.6. The van der Waals surface area contributed by atoms with Crippen molar-refractivity contribution in [1.82, 2.24) is 25.3 Å².